The van der Waals surface area contributed by atoms with Gasteiger partial charge in [0.25, 0.3) is 0 Å². The van der Waals surface area contributed by atoms with Crippen LogP contribution in [0.1, 0.15) is 16.0 Å². The zero-order valence-electron chi connectivity index (χ0n) is 14.8. The molecule has 0 atom stereocenters. The maximum atomic E-state index is 10.7. The van der Waals surface area contributed by atoms with Gasteiger partial charge < -0.3 is 9.84 Å². The molecule has 0 amide bonds. The topological polar surface area (TPSA) is 46.8 Å². The average Bonchev–Trinajstić information content (AvgIpc) is 3.21. The summed E-state index contributed by atoms with van der Waals surface area (Å²) >= 11 is 6.88. The van der Waals surface area contributed by atoms with E-state index in [1.54, 1.807) is 17.9 Å². The number of benzene rings is 2. The van der Waals surface area contributed by atoms with Gasteiger partial charge in [-0.1, -0.05) is 30.3 Å². The number of aliphatic imine (C=N–C) groups is 1. The van der Waals surface area contributed by atoms with E-state index in [9.17, 15) is 5.11 Å². The second kappa shape index (κ2) is 7.50. The van der Waals surface area contributed by atoms with Crippen molar-refractivity contribution in [1.82, 2.24) is 4.57 Å². The smallest absolute Gasteiger partial charge is 0.210 e. The molecule has 136 valence electrons. The first-order valence-electron chi connectivity index (χ1n) is 8.56. The summed E-state index contributed by atoms with van der Waals surface area (Å²) in [6, 6.07) is 16.0. The Morgan fingerprint density at radius 3 is 2.81 bits per heavy atom. The third-order valence-electron chi connectivity index (χ3n) is 4.51. The van der Waals surface area contributed by atoms with Gasteiger partial charge in [0, 0.05) is 30.0 Å². The Morgan fingerprint density at radius 1 is 1.22 bits per heavy atom. The first-order valence-corrected chi connectivity index (χ1v) is 9.79. The molecule has 2 heterocycles. The minimum absolute atomic E-state index is 0.212. The molecular formula is C21H18N2O2S2. The van der Waals surface area contributed by atoms with Crippen molar-refractivity contribution in [3.63, 3.8) is 0 Å². The summed E-state index contributed by atoms with van der Waals surface area (Å²) in [5.41, 5.74) is 4.06. The van der Waals surface area contributed by atoms with Gasteiger partial charge in [-0.2, -0.15) is 0 Å². The average molecular weight is 395 g/mol. The highest BCUT2D eigenvalue weighted by atomic mass is 32.1. The lowest BCUT2D eigenvalue weighted by molar-refractivity contribution is 0.414. The van der Waals surface area contributed by atoms with E-state index in [-0.39, 0.29) is 5.88 Å². The summed E-state index contributed by atoms with van der Waals surface area (Å²) in [5.74, 6) is 0.988. The Hall–Kier alpha value is -2.70. The fourth-order valence-electron chi connectivity index (χ4n) is 3.05. The van der Waals surface area contributed by atoms with Gasteiger partial charge in [-0.3, -0.25) is 9.56 Å². The maximum Gasteiger partial charge on any atom is 0.210 e. The second-order valence-corrected chi connectivity index (χ2v) is 7.86. The van der Waals surface area contributed by atoms with Gasteiger partial charge in [0.05, 0.1) is 17.7 Å². The van der Waals surface area contributed by atoms with Gasteiger partial charge in [0.2, 0.25) is 5.88 Å². The second-order valence-electron chi connectivity index (χ2n) is 6.18. The number of thiazole rings is 1. The van der Waals surface area contributed by atoms with Crippen molar-refractivity contribution in [2.24, 2.45) is 4.99 Å². The fraction of sp³-hybridized carbons (Fsp3) is 0.143. The van der Waals surface area contributed by atoms with E-state index in [4.69, 9.17) is 17.0 Å². The molecule has 0 radical (unpaired) electrons. The molecule has 0 bridgehead atoms. The first-order chi connectivity index (χ1) is 13.2. The molecule has 1 aliphatic rings. The molecule has 1 aliphatic heterocycles. The maximum absolute atomic E-state index is 10.7. The van der Waals surface area contributed by atoms with Crippen molar-refractivity contribution in [2.75, 3.05) is 7.11 Å². The Morgan fingerprint density at radius 2 is 2.04 bits per heavy atom. The Kier molecular flexibility index (Phi) is 4.92. The van der Waals surface area contributed by atoms with Crippen LogP contribution in [0.5, 0.6) is 11.6 Å². The van der Waals surface area contributed by atoms with Crippen LogP contribution in [0, 0.1) is 3.95 Å². The molecule has 1 N–H and O–H groups in total. The van der Waals surface area contributed by atoms with Gasteiger partial charge >= 0.3 is 0 Å². The number of methoxy groups -OCH3 is 1. The number of nitrogens with zero attached hydrogens (tertiary/aromatic N) is 2. The molecule has 6 heteroatoms. The SMILES string of the molecule is COc1ccc2c(c1)N=C/C2=C/c1sc(=S)n(CCc2ccccc2)c1O. The molecule has 27 heavy (non-hydrogen) atoms. The molecule has 0 aliphatic carbocycles. The largest absolute Gasteiger partial charge is 0.497 e. The van der Waals surface area contributed by atoms with Crippen molar-refractivity contribution in [2.45, 2.75) is 13.0 Å². The number of rotatable bonds is 5. The lowest BCUT2D eigenvalue weighted by Crippen LogP contribution is -2.00. The van der Waals surface area contributed by atoms with Crippen LogP contribution in [0.15, 0.2) is 53.5 Å². The number of aryl methyl sites for hydroxylation is 1. The molecule has 0 fully saturated rings. The summed E-state index contributed by atoms with van der Waals surface area (Å²) in [6.07, 6.45) is 4.57. The molecule has 4 rings (SSSR count). The van der Waals surface area contributed by atoms with E-state index in [1.165, 1.54) is 16.9 Å². The number of fused-ring (bicyclic) bond motifs is 1. The van der Waals surface area contributed by atoms with E-state index in [0.717, 1.165) is 33.9 Å². The van der Waals surface area contributed by atoms with Crippen LogP contribution in [0.25, 0.3) is 11.6 Å². The van der Waals surface area contributed by atoms with E-state index < -0.39 is 0 Å². The lowest BCUT2D eigenvalue weighted by Gasteiger charge is -2.05. The summed E-state index contributed by atoms with van der Waals surface area (Å²) in [7, 11) is 1.64. The minimum Gasteiger partial charge on any atom is -0.497 e. The lowest BCUT2D eigenvalue weighted by atomic mass is 10.1. The van der Waals surface area contributed by atoms with Crippen LogP contribution < -0.4 is 4.74 Å². The highest BCUT2D eigenvalue weighted by Crippen LogP contribution is 2.37. The fourth-order valence-corrected chi connectivity index (χ4v) is 4.36. The molecule has 0 spiro atoms. The molecule has 0 unspecified atom stereocenters. The minimum atomic E-state index is 0.212. The molecule has 4 nitrogen and oxygen atoms in total. The van der Waals surface area contributed by atoms with Crippen LogP contribution >= 0.6 is 23.6 Å². The predicted molar refractivity (Wildman–Crippen MR) is 114 cm³/mol. The van der Waals surface area contributed by atoms with Gasteiger partial charge in [0.1, 0.15) is 5.75 Å². The Bertz CT molecular complexity index is 1100. The molecule has 1 aromatic heterocycles. The Labute approximate surface area is 166 Å². The number of hydrogen-bond acceptors (Lipinski definition) is 5. The third kappa shape index (κ3) is 3.59. The van der Waals surface area contributed by atoms with Crippen LogP contribution in [-0.2, 0) is 13.0 Å². The number of ether oxygens (including phenoxy) is 1. The van der Waals surface area contributed by atoms with Crippen molar-refractivity contribution in [3.05, 3.63) is 68.5 Å². The van der Waals surface area contributed by atoms with Crippen LogP contribution in [-0.4, -0.2) is 23.0 Å². The highest BCUT2D eigenvalue weighted by Gasteiger charge is 2.16. The van der Waals surface area contributed by atoms with Crippen molar-refractivity contribution >= 4 is 47.1 Å². The zero-order valence-corrected chi connectivity index (χ0v) is 16.4. The van der Waals surface area contributed by atoms with Crippen molar-refractivity contribution in [1.29, 1.82) is 0 Å². The van der Waals surface area contributed by atoms with Gasteiger partial charge in [0.15, 0.2) is 3.95 Å². The van der Waals surface area contributed by atoms with Crippen LogP contribution in [0.3, 0.4) is 0 Å². The standard InChI is InChI=1S/C21H18N2O2S2/c1-25-16-7-8-17-15(13-22-18(17)12-16)11-19-20(24)23(21(26)27-19)10-9-14-5-3-2-4-6-14/h2-8,11-13,24H,9-10H2,1H3/b15-11-. The number of hydrogen-bond donors (Lipinski definition) is 1. The van der Waals surface area contributed by atoms with Crippen LogP contribution in [0.4, 0.5) is 5.69 Å². The third-order valence-corrected chi connectivity index (χ3v) is 5.89. The summed E-state index contributed by atoms with van der Waals surface area (Å²) in [5, 5.41) is 10.7. The molecule has 0 saturated heterocycles. The summed E-state index contributed by atoms with van der Waals surface area (Å²) in [6.45, 7) is 0.649. The first kappa shape index (κ1) is 17.7. The van der Waals surface area contributed by atoms with E-state index >= 15 is 0 Å². The van der Waals surface area contributed by atoms with Gasteiger partial charge in [-0.05, 0) is 42.4 Å². The van der Waals surface area contributed by atoms with Crippen molar-refractivity contribution < 1.29 is 9.84 Å². The zero-order chi connectivity index (χ0) is 18.8. The molecular weight excluding hydrogens is 376 g/mol. The van der Waals surface area contributed by atoms with Gasteiger partial charge in [-0.15, -0.1) is 11.3 Å². The quantitative estimate of drug-likeness (QED) is 0.582. The number of allylic oxidation sites excluding steroid dienone is 1. The van der Waals surface area contributed by atoms with Crippen molar-refractivity contribution in [3.8, 4) is 11.6 Å². The normalized spacial score (nSPS) is 13.9. The number of aromatic hydroxyl groups is 1. The molecule has 2 aromatic carbocycles. The molecule has 0 saturated carbocycles. The monoisotopic (exact) mass is 394 g/mol. The number of aromatic nitrogens is 1. The summed E-state index contributed by atoms with van der Waals surface area (Å²) in [4.78, 5) is 5.19. The predicted octanol–water partition coefficient (Wildman–Crippen LogP) is 5.49. The molecule has 3 aromatic rings. The Balaban J connectivity index is 1.61. The van der Waals surface area contributed by atoms with Gasteiger partial charge in [-0.25, -0.2) is 0 Å². The van der Waals surface area contributed by atoms with E-state index in [0.29, 0.717) is 10.5 Å². The van der Waals surface area contributed by atoms with Crippen LogP contribution in [0.2, 0.25) is 0 Å². The van der Waals surface area contributed by atoms with E-state index in [1.807, 2.05) is 42.5 Å². The highest BCUT2D eigenvalue weighted by molar-refractivity contribution is 7.73. The summed E-state index contributed by atoms with van der Waals surface area (Å²) < 4.78 is 7.71. The van der Waals surface area contributed by atoms with E-state index in [2.05, 4.69) is 17.1 Å².